The molecule has 0 aromatic carbocycles. The quantitative estimate of drug-likeness (QED) is 0.578. The maximum absolute atomic E-state index is 9.21. The van der Waals surface area contributed by atoms with Crippen LogP contribution in [0.15, 0.2) is 0 Å². The summed E-state index contributed by atoms with van der Waals surface area (Å²) in [5.74, 6) is 2.19. The highest BCUT2D eigenvalue weighted by Gasteiger charge is 2.39. The molecule has 0 unspecified atom stereocenters. The topological polar surface area (TPSA) is 20.2 Å². The molecule has 1 aliphatic carbocycles. The minimum Gasteiger partial charge on any atom is -0.396 e. The van der Waals surface area contributed by atoms with Crippen molar-refractivity contribution >= 4 is 25.3 Å². The molecule has 1 nitrogen and oxygen atoms in total. The molecule has 0 aromatic heterocycles. The molecule has 3 heteroatoms. The molecule has 0 spiro atoms. The lowest BCUT2D eigenvalue weighted by Crippen LogP contribution is -2.41. The molecular weight excluding hydrogens is 176 g/mol. The maximum atomic E-state index is 9.21. The van der Waals surface area contributed by atoms with Gasteiger partial charge in [0.15, 0.2) is 0 Å². The van der Waals surface area contributed by atoms with E-state index in [1.54, 1.807) is 0 Å². The van der Waals surface area contributed by atoms with E-state index in [0.717, 1.165) is 11.5 Å². The number of hydrogen-bond acceptors (Lipinski definition) is 3. The van der Waals surface area contributed by atoms with Crippen LogP contribution in [0.25, 0.3) is 0 Å². The average Bonchev–Trinajstić information content (AvgIpc) is 1.97. The van der Waals surface area contributed by atoms with Gasteiger partial charge in [-0.1, -0.05) is 6.42 Å². The Morgan fingerprint density at radius 2 is 1.82 bits per heavy atom. The summed E-state index contributed by atoms with van der Waals surface area (Å²) >= 11 is 8.56. The maximum Gasteiger partial charge on any atom is 0.0505 e. The summed E-state index contributed by atoms with van der Waals surface area (Å²) in [5.41, 5.74) is 0.00444. The summed E-state index contributed by atoms with van der Waals surface area (Å²) in [7, 11) is 0. The first kappa shape index (κ1) is 9.75. The van der Waals surface area contributed by atoms with Crippen molar-refractivity contribution in [2.75, 3.05) is 18.1 Å². The van der Waals surface area contributed by atoms with Gasteiger partial charge in [-0.25, -0.2) is 0 Å². The van der Waals surface area contributed by atoms with Gasteiger partial charge in [-0.2, -0.15) is 25.3 Å². The normalized spacial score (nSPS) is 19.9. The van der Waals surface area contributed by atoms with E-state index in [-0.39, 0.29) is 12.0 Å². The number of rotatable bonds is 4. The SMILES string of the molecule is OCC(CS)(CS)C1CCC1. The second-order valence-corrected chi connectivity index (χ2v) is 4.10. The third-order valence-corrected chi connectivity index (χ3v) is 4.18. The van der Waals surface area contributed by atoms with E-state index < -0.39 is 0 Å². The second-order valence-electron chi connectivity index (χ2n) is 3.46. The van der Waals surface area contributed by atoms with Gasteiger partial charge in [-0.15, -0.1) is 0 Å². The lowest BCUT2D eigenvalue weighted by Gasteiger charge is -2.42. The molecular formula is C8H16OS2. The van der Waals surface area contributed by atoms with Crippen LogP contribution in [0.4, 0.5) is 0 Å². The lowest BCUT2D eigenvalue weighted by atomic mass is 9.67. The third kappa shape index (κ3) is 1.70. The van der Waals surface area contributed by atoms with Gasteiger partial charge in [-0.05, 0) is 30.3 Å². The van der Waals surface area contributed by atoms with E-state index in [4.69, 9.17) is 0 Å². The zero-order valence-corrected chi connectivity index (χ0v) is 8.45. The molecule has 0 heterocycles. The smallest absolute Gasteiger partial charge is 0.0505 e. The van der Waals surface area contributed by atoms with Gasteiger partial charge >= 0.3 is 0 Å². The molecule has 66 valence electrons. The van der Waals surface area contributed by atoms with Crippen molar-refractivity contribution in [1.29, 1.82) is 0 Å². The standard InChI is InChI=1S/C8H16OS2/c9-4-8(5-10,6-11)7-2-1-3-7/h7,9-11H,1-6H2. The molecule has 1 N–H and O–H groups in total. The Balaban J connectivity index is 2.54. The van der Waals surface area contributed by atoms with Crippen molar-refractivity contribution in [2.24, 2.45) is 11.3 Å². The van der Waals surface area contributed by atoms with Crippen molar-refractivity contribution in [2.45, 2.75) is 19.3 Å². The average molecular weight is 192 g/mol. The van der Waals surface area contributed by atoms with Crippen LogP contribution in [0, 0.1) is 11.3 Å². The number of aliphatic hydroxyl groups excluding tert-OH is 1. The van der Waals surface area contributed by atoms with Crippen LogP contribution in [-0.2, 0) is 0 Å². The summed E-state index contributed by atoms with van der Waals surface area (Å²) in [6.45, 7) is 0.241. The molecule has 1 fully saturated rings. The van der Waals surface area contributed by atoms with Gasteiger partial charge in [0.2, 0.25) is 0 Å². The Morgan fingerprint density at radius 3 is 1.91 bits per heavy atom. The minimum absolute atomic E-state index is 0.00444. The summed E-state index contributed by atoms with van der Waals surface area (Å²) in [5, 5.41) is 9.21. The summed E-state index contributed by atoms with van der Waals surface area (Å²) in [6.07, 6.45) is 3.82. The molecule has 0 amide bonds. The van der Waals surface area contributed by atoms with Gasteiger partial charge in [0, 0.05) is 5.41 Å². The molecule has 1 rings (SSSR count). The first-order valence-corrected chi connectivity index (χ1v) is 5.38. The number of thiol groups is 2. The Labute approximate surface area is 79.4 Å². The van der Waals surface area contributed by atoms with Crippen molar-refractivity contribution in [3.63, 3.8) is 0 Å². The van der Waals surface area contributed by atoms with Crippen molar-refractivity contribution < 1.29 is 5.11 Å². The Hall–Kier alpha value is 0.660. The van der Waals surface area contributed by atoms with Crippen LogP contribution < -0.4 is 0 Å². The predicted molar refractivity (Wildman–Crippen MR) is 54.6 cm³/mol. The Morgan fingerprint density at radius 1 is 1.27 bits per heavy atom. The first-order chi connectivity index (χ1) is 5.29. The zero-order valence-electron chi connectivity index (χ0n) is 6.66. The fourth-order valence-corrected chi connectivity index (χ4v) is 2.67. The van der Waals surface area contributed by atoms with Crippen LogP contribution in [0.3, 0.4) is 0 Å². The van der Waals surface area contributed by atoms with Crippen LogP contribution in [0.2, 0.25) is 0 Å². The highest BCUT2D eigenvalue weighted by atomic mass is 32.1. The lowest BCUT2D eigenvalue weighted by molar-refractivity contribution is 0.0596. The van der Waals surface area contributed by atoms with E-state index in [1.807, 2.05) is 0 Å². The first-order valence-electron chi connectivity index (χ1n) is 4.11. The minimum atomic E-state index is 0.00444. The highest BCUT2D eigenvalue weighted by molar-refractivity contribution is 7.81. The highest BCUT2D eigenvalue weighted by Crippen LogP contribution is 2.43. The Bertz CT molecular complexity index is 111. The van der Waals surface area contributed by atoms with Crippen molar-refractivity contribution in [1.82, 2.24) is 0 Å². The van der Waals surface area contributed by atoms with Gasteiger partial charge < -0.3 is 5.11 Å². The number of hydrogen-bond donors (Lipinski definition) is 3. The molecule has 0 aromatic rings. The summed E-state index contributed by atoms with van der Waals surface area (Å²) in [4.78, 5) is 0. The van der Waals surface area contributed by atoms with Crippen LogP contribution >= 0.6 is 25.3 Å². The van der Waals surface area contributed by atoms with E-state index in [2.05, 4.69) is 25.3 Å². The van der Waals surface area contributed by atoms with E-state index in [9.17, 15) is 5.11 Å². The van der Waals surface area contributed by atoms with Gasteiger partial charge in [-0.3, -0.25) is 0 Å². The molecule has 11 heavy (non-hydrogen) atoms. The molecule has 1 aliphatic rings. The molecule has 0 saturated heterocycles. The zero-order chi connectivity index (χ0) is 8.32. The molecule has 0 atom stereocenters. The monoisotopic (exact) mass is 192 g/mol. The van der Waals surface area contributed by atoms with Crippen LogP contribution in [-0.4, -0.2) is 23.2 Å². The fourth-order valence-electron chi connectivity index (χ4n) is 1.56. The van der Waals surface area contributed by atoms with E-state index in [0.29, 0.717) is 5.92 Å². The molecule has 0 radical (unpaired) electrons. The molecule has 1 saturated carbocycles. The van der Waals surface area contributed by atoms with Gasteiger partial charge in [0.1, 0.15) is 0 Å². The van der Waals surface area contributed by atoms with Gasteiger partial charge in [0.25, 0.3) is 0 Å². The van der Waals surface area contributed by atoms with E-state index >= 15 is 0 Å². The van der Waals surface area contributed by atoms with Crippen molar-refractivity contribution in [3.05, 3.63) is 0 Å². The fraction of sp³-hybridized carbons (Fsp3) is 1.00. The third-order valence-electron chi connectivity index (χ3n) is 2.92. The largest absolute Gasteiger partial charge is 0.396 e. The summed E-state index contributed by atoms with van der Waals surface area (Å²) < 4.78 is 0. The predicted octanol–water partition coefficient (Wildman–Crippen LogP) is 1.62. The van der Waals surface area contributed by atoms with Crippen LogP contribution in [0.5, 0.6) is 0 Å². The summed E-state index contributed by atoms with van der Waals surface area (Å²) in [6, 6.07) is 0. The Kier molecular flexibility index (Phi) is 3.59. The number of aliphatic hydroxyl groups is 1. The van der Waals surface area contributed by atoms with Gasteiger partial charge in [0.05, 0.1) is 6.61 Å². The van der Waals surface area contributed by atoms with Crippen molar-refractivity contribution in [3.8, 4) is 0 Å². The molecule has 0 bridgehead atoms. The van der Waals surface area contributed by atoms with E-state index in [1.165, 1.54) is 19.3 Å². The van der Waals surface area contributed by atoms with Crippen LogP contribution in [0.1, 0.15) is 19.3 Å². The molecule has 0 aliphatic heterocycles. The second kappa shape index (κ2) is 4.06.